The van der Waals surface area contributed by atoms with Crippen LogP contribution in [-0.2, 0) is 16.4 Å². The van der Waals surface area contributed by atoms with Gasteiger partial charge >= 0.3 is 0 Å². The number of benzene rings is 1. The zero-order chi connectivity index (χ0) is 15.5. The van der Waals surface area contributed by atoms with E-state index in [1.807, 2.05) is 0 Å². The van der Waals surface area contributed by atoms with E-state index in [2.05, 4.69) is 19.9 Å². The number of nitrogens with one attached hydrogen (secondary N) is 2. The number of aryl methyl sites for hydroxylation is 2. The molecule has 0 spiro atoms. The highest BCUT2D eigenvalue weighted by Crippen LogP contribution is 2.25. The third-order valence-electron chi connectivity index (χ3n) is 3.06. The first kappa shape index (κ1) is 15.5. The molecule has 2 N–H and O–H groups in total. The van der Waals surface area contributed by atoms with Crippen molar-refractivity contribution in [1.29, 1.82) is 0 Å². The van der Waals surface area contributed by atoms with Gasteiger partial charge in [0.25, 0.3) is 0 Å². The van der Waals surface area contributed by atoms with Crippen LogP contribution in [0.4, 0.5) is 0 Å². The van der Waals surface area contributed by atoms with Gasteiger partial charge in [0.05, 0.1) is 12.0 Å². The van der Waals surface area contributed by atoms with E-state index < -0.39 is 10.0 Å². The van der Waals surface area contributed by atoms with E-state index in [0.717, 1.165) is 0 Å². The first-order valence-corrected chi connectivity index (χ1v) is 7.91. The normalized spacial score (nSPS) is 11.6. The maximum atomic E-state index is 12.4. The second kappa shape index (κ2) is 6.23. The molecule has 0 radical (unpaired) electrons. The number of ether oxygens (including phenoxy) is 1. The number of methoxy groups -OCH3 is 1. The largest absolute Gasteiger partial charge is 0.497 e. The van der Waals surface area contributed by atoms with Gasteiger partial charge in [0, 0.05) is 13.0 Å². The highest BCUT2D eigenvalue weighted by Gasteiger charge is 2.20. The minimum Gasteiger partial charge on any atom is -0.497 e. The molecule has 0 unspecified atom stereocenters. The Balaban J connectivity index is 2.15. The minimum atomic E-state index is -3.57. The van der Waals surface area contributed by atoms with Crippen LogP contribution in [0.1, 0.15) is 17.0 Å². The molecule has 1 heterocycles. The van der Waals surface area contributed by atoms with Crippen molar-refractivity contribution in [1.82, 2.24) is 19.9 Å². The lowest BCUT2D eigenvalue weighted by molar-refractivity contribution is 0.413. The lowest BCUT2D eigenvalue weighted by atomic mass is 10.1. The predicted octanol–water partition coefficient (Wildman–Crippen LogP) is 0.951. The van der Waals surface area contributed by atoms with Gasteiger partial charge in [-0.2, -0.15) is 5.10 Å². The Hall–Kier alpha value is -1.93. The van der Waals surface area contributed by atoms with Crippen LogP contribution in [0, 0.1) is 13.8 Å². The zero-order valence-corrected chi connectivity index (χ0v) is 13.0. The van der Waals surface area contributed by atoms with E-state index in [1.165, 1.54) is 6.33 Å². The topological polar surface area (TPSA) is 97.0 Å². The Morgan fingerprint density at radius 1 is 1.29 bits per heavy atom. The molecular weight excluding hydrogens is 292 g/mol. The van der Waals surface area contributed by atoms with Crippen molar-refractivity contribution in [2.45, 2.75) is 25.2 Å². The van der Waals surface area contributed by atoms with Crippen molar-refractivity contribution < 1.29 is 13.2 Å². The van der Waals surface area contributed by atoms with Crippen LogP contribution in [0.5, 0.6) is 5.75 Å². The number of rotatable bonds is 6. The standard InChI is InChI=1S/C13H18N4O3S/c1-9-6-11(20-3)7-10(2)13(9)21(18,19)16-5-4-12-14-8-15-17-12/h6-8,16H,4-5H2,1-3H3,(H,14,15,17). The van der Waals surface area contributed by atoms with Crippen LogP contribution >= 0.6 is 0 Å². The Kier molecular flexibility index (Phi) is 4.59. The zero-order valence-electron chi connectivity index (χ0n) is 12.2. The summed E-state index contributed by atoms with van der Waals surface area (Å²) in [4.78, 5) is 4.24. The van der Waals surface area contributed by atoms with Gasteiger partial charge in [0.1, 0.15) is 17.9 Å². The molecular formula is C13H18N4O3S. The van der Waals surface area contributed by atoms with E-state index in [4.69, 9.17) is 4.74 Å². The summed E-state index contributed by atoms with van der Waals surface area (Å²) >= 11 is 0. The fourth-order valence-electron chi connectivity index (χ4n) is 2.18. The molecule has 0 saturated carbocycles. The Morgan fingerprint density at radius 2 is 1.95 bits per heavy atom. The Morgan fingerprint density at radius 3 is 2.48 bits per heavy atom. The molecule has 1 aromatic heterocycles. The lowest BCUT2D eigenvalue weighted by Gasteiger charge is -2.13. The average molecular weight is 310 g/mol. The molecule has 0 bridgehead atoms. The molecule has 0 saturated heterocycles. The molecule has 2 aromatic rings. The van der Waals surface area contributed by atoms with E-state index in [0.29, 0.717) is 34.0 Å². The molecule has 8 heteroatoms. The molecule has 0 atom stereocenters. The van der Waals surface area contributed by atoms with Gasteiger partial charge in [-0.15, -0.1) is 0 Å². The minimum absolute atomic E-state index is 0.252. The predicted molar refractivity (Wildman–Crippen MR) is 77.7 cm³/mol. The third-order valence-corrected chi connectivity index (χ3v) is 4.82. The molecule has 2 rings (SSSR count). The van der Waals surface area contributed by atoms with Crippen LogP contribution in [0.2, 0.25) is 0 Å². The third kappa shape index (κ3) is 3.59. The van der Waals surface area contributed by atoms with Crippen LogP contribution in [0.15, 0.2) is 23.4 Å². The first-order chi connectivity index (χ1) is 9.94. The summed E-state index contributed by atoms with van der Waals surface area (Å²) in [5.41, 5.74) is 1.30. The molecule has 21 heavy (non-hydrogen) atoms. The number of H-pyrrole nitrogens is 1. The van der Waals surface area contributed by atoms with Gasteiger partial charge in [-0.25, -0.2) is 18.1 Å². The van der Waals surface area contributed by atoms with Gasteiger partial charge in [0.15, 0.2) is 0 Å². The second-order valence-corrected chi connectivity index (χ2v) is 6.37. The second-order valence-electron chi connectivity index (χ2n) is 4.67. The fraction of sp³-hybridized carbons (Fsp3) is 0.385. The lowest BCUT2D eigenvalue weighted by Crippen LogP contribution is -2.27. The first-order valence-electron chi connectivity index (χ1n) is 6.43. The molecule has 0 fully saturated rings. The van der Waals surface area contributed by atoms with Crippen LogP contribution in [-0.4, -0.2) is 37.3 Å². The van der Waals surface area contributed by atoms with E-state index in [-0.39, 0.29) is 6.54 Å². The summed E-state index contributed by atoms with van der Waals surface area (Å²) in [5.74, 6) is 1.28. The van der Waals surface area contributed by atoms with Gasteiger partial charge in [-0.1, -0.05) is 0 Å². The summed E-state index contributed by atoms with van der Waals surface area (Å²) in [6.45, 7) is 3.75. The van der Waals surface area contributed by atoms with Gasteiger partial charge in [-0.05, 0) is 37.1 Å². The molecule has 7 nitrogen and oxygen atoms in total. The number of hydrogen-bond acceptors (Lipinski definition) is 5. The molecule has 0 aliphatic carbocycles. The number of aromatic nitrogens is 3. The number of aromatic amines is 1. The van der Waals surface area contributed by atoms with Crippen molar-refractivity contribution in [3.8, 4) is 5.75 Å². The van der Waals surface area contributed by atoms with Crippen molar-refractivity contribution in [3.63, 3.8) is 0 Å². The van der Waals surface area contributed by atoms with E-state index in [1.54, 1.807) is 33.1 Å². The van der Waals surface area contributed by atoms with Gasteiger partial charge in [0.2, 0.25) is 10.0 Å². The highest BCUT2D eigenvalue weighted by atomic mass is 32.2. The SMILES string of the molecule is COc1cc(C)c(S(=O)(=O)NCCc2ncn[nH]2)c(C)c1. The monoisotopic (exact) mass is 310 g/mol. The highest BCUT2D eigenvalue weighted by molar-refractivity contribution is 7.89. The van der Waals surface area contributed by atoms with Crippen LogP contribution in [0.3, 0.4) is 0 Å². The Bertz CT molecular complexity index is 688. The van der Waals surface area contributed by atoms with E-state index in [9.17, 15) is 8.42 Å². The maximum Gasteiger partial charge on any atom is 0.241 e. The molecule has 0 amide bonds. The Labute approximate surface area is 123 Å². The molecule has 0 aliphatic heterocycles. The number of nitrogens with zero attached hydrogens (tertiary/aromatic N) is 2. The van der Waals surface area contributed by atoms with Gasteiger partial charge < -0.3 is 4.74 Å². The molecule has 0 aliphatic rings. The average Bonchev–Trinajstić information content (AvgIpc) is 2.90. The number of hydrogen-bond donors (Lipinski definition) is 2. The summed E-state index contributed by atoms with van der Waals surface area (Å²) in [5, 5.41) is 6.40. The summed E-state index contributed by atoms with van der Waals surface area (Å²) in [7, 11) is -2.01. The molecule has 114 valence electrons. The van der Waals surface area contributed by atoms with Crippen LogP contribution in [0.25, 0.3) is 0 Å². The smallest absolute Gasteiger partial charge is 0.241 e. The maximum absolute atomic E-state index is 12.4. The summed E-state index contributed by atoms with van der Waals surface area (Å²) in [6, 6.07) is 3.41. The van der Waals surface area contributed by atoms with Gasteiger partial charge in [-0.3, -0.25) is 5.10 Å². The van der Waals surface area contributed by atoms with Crippen molar-refractivity contribution in [2.75, 3.05) is 13.7 Å². The summed E-state index contributed by atoms with van der Waals surface area (Å²) in [6.07, 6.45) is 1.84. The summed E-state index contributed by atoms with van der Waals surface area (Å²) < 4.78 is 32.5. The van der Waals surface area contributed by atoms with E-state index >= 15 is 0 Å². The quantitative estimate of drug-likeness (QED) is 0.828. The van der Waals surface area contributed by atoms with Crippen molar-refractivity contribution in [2.24, 2.45) is 0 Å². The van der Waals surface area contributed by atoms with Crippen LogP contribution < -0.4 is 9.46 Å². The fourth-order valence-corrected chi connectivity index (χ4v) is 3.66. The van der Waals surface area contributed by atoms with Crippen molar-refractivity contribution >= 4 is 10.0 Å². The molecule has 1 aromatic carbocycles. The van der Waals surface area contributed by atoms with Crippen molar-refractivity contribution in [3.05, 3.63) is 35.4 Å². The number of sulfonamides is 1.